The molecule has 1 atom stereocenters. The van der Waals surface area contributed by atoms with E-state index >= 15 is 0 Å². The number of nitrogens with one attached hydrogen (secondary N) is 1. The van der Waals surface area contributed by atoms with Gasteiger partial charge in [-0.25, -0.2) is 4.79 Å². The van der Waals surface area contributed by atoms with Crippen LogP contribution in [0.5, 0.6) is 0 Å². The highest BCUT2D eigenvalue weighted by Gasteiger charge is 2.08. The number of carbonyl (C=O) groups is 1. The van der Waals surface area contributed by atoms with E-state index in [1.807, 2.05) is 19.2 Å². The van der Waals surface area contributed by atoms with Gasteiger partial charge in [-0.2, -0.15) is 0 Å². The predicted molar refractivity (Wildman–Crippen MR) is 74.2 cm³/mol. The van der Waals surface area contributed by atoms with E-state index in [0.717, 1.165) is 10.4 Å². The SMILES string of the molecule is CNC(C)c1ccc(-c2ccc(C(=O)O)cc2)s1. The second kappa shape index (κ2) is 5.33. The Balaban J connectivity index is 2.26. The fraction of sp³-hybridized carbons (Fsp3) is 0.214. The lowest BCUT2D eigenvalue weighted by atomic mass is 10.1. The maximum Gasteiger partial charge on any atom is 0.335 e. The number of hydrogen-bond donors (Lipinski definition) is 2. The van der Waals surface area contributed by atoms with Crippen molar-refractivity contribution >= 4 is 17.3 Å². The summed E-state index contributed by atoms with van der Waals surface area (Å²) in [5.74, 6) is -0.891. The summed E-state index contributed by atoms with van der Waals surface area (Å²) in [6, 6.07) is 11.5. The van der Waals surface area contributed by atoms with Gasteiger partial charge in [0.05, 0.1) is 5.56 Å². The zero-order valence-corrected chi connectivity index (χ0v) is 11.1. The number of benzene rings is 1. The molecule has 0 radical (unpaired) electrons. The van der Waals surface area contributed by atoms with Crippen molar-refractivity contribution in [3.63, 3.8) is 0 Å². The molecule has 2 N–H and O–H groups in total. The molecule has 0 aliphatic heterocycles. The Morgan fingerprint density at radius 1 is 1.22 bits per heavy atom. The molecule has 0 fully saturated rings. The molecule has 0 aliphatic rings. The van der Waals surface area contributed by atoms with Crippen molar-refractivity contribution in [1.82, 2.24) is 5.32 Å². The Morgan fingerprint density at radius 2 is 1.89 bits per heavy atom. The van der Waals surface area contributed by atoms with E-state index in [1.165, 1.54) is 4.88 Å². The van der Waals surface area contributed by atoms with Crippen LogP contribution < -0.4 is 5.32 Å². The summed E-state index contributed by atoms with van der Waals surface area (Å²) in [5.41, 5.74) is 1.37. The van der Waals surface area contributed by atoms with Crippen LogP contribution in [-0.4, -0.2) is 18.1 Å². The van der Waals surface area contributed by atoms with E-state index < -0.39 is 5.97 Å². The zero-order chi connectivity index (χ0) is 13.1. The van der Waals surface area contributed by atoms with Crippen molar-refractivity contribution in [3.05, 3.63) is 46.8 Å². The summed E-state index contributed by atoms with van der Waals surface area (Å²) >= 11 is 1.72. The largest absolute Gasteiger partial charge is 0.478 e. The molecule has 4 heteroatoms. The van der Waals surface area contributed by atoms with Gasteiger partial charge in [-0.3, -0.25) is 0 Å². The molecule has 1 heterocycles. The lowest BCUT2D eigenvalue weighted by Crippen LogP contribution is -2.10. The lowest BCUT2D eigenvalue weighted by Gasteiger charge is -2.05. The summed E-state index contributed by atoms with van der Waals surface area (Å²) in [7, 11) is 1.94. The van der Waals surface area contributed by atoms with Crippen LogP contribution in [0.3, 0.4) is 0 Å². The molecule has 0 saturated heterocycles. The molecular weight excluding hydrogens is 246 g/mol. The molecule has 2 aromatic rings. The van der Waals surface area contributed by atoms with E-state index in [4.69, 9.17) is 5.11 Å². The third-order valence-corrected chi connectivity index (χ3v) is 4.22. The van der Waals surface area contributed by atoms with E-state index in [2.05, 4.69) is 24.4 Å². The monoisotopic (exact) mass is 261 g/mol. The molecule has 0 spiro atoms. The van der Waals surface area contributed by atoms with Crippen LogP contribution in [0.4, 0.5) is 0 Å². The molecule has 2 rings (SSSR count). The van der Waals surface area contributed by atoms with Crippen molar-refractivity contribution < 1.29 is 9.90 Å². The molecule has 18 heavy (non-hydrogen) atoms. The maximum absolute atomic E-state index is 10.8. The van der Waals surface area contributed by atoms with Crippen molar-refractivity contribution in [2.75, 3.05) is 7.05 Å². The van der Waals surface area contributed by atoms with Crippen molar-refractivity contribution in [2.45, 2.75) is 13.0 Å². The van der Waals surface area contributed by atoms with Crippen LogP contribution in [0.2, 0.25) is 0 Å². The molecule has 0 amide bonds. The highest BCUT2D eigenvalue weighted by atomic mass is 32.1. The Bertz CT molecular complexity index is 545. The minimum atomic E-state index is -0.891. The summed E-state index contributed by atoms with van der Waals surface area (Å²) in [4.78, 5) is 13.2. The van der Waals surface area contributed by atoms with Crippen LogP contribution in [0, 0.1) is 0 Å². The topological polar surface area (TPSA) is 49.3 Å². The van der Waals surface area contributed by atoms with Gasteiger partial charge >= 0.3 is 5.97 Å². The molecule has 0 saturated carbocycles. The van der Waals surface area contributed by atoms with Crippen LogP contribution >= 0.6 is 11.3 Å². The summed E-state index contributed by atoms with van der Waals surface area (Å²) in [6.07, 6.45) is 0. The first-order valence-corrected chi connectivity index (χ1v) is 6.54. The number of aromatic carboxylic acids is 1. The Kier molecular flexibility index (Phi) is 3.79. The molecule has 1 aromatic carbocycles. The average molecular weight is 261 g/mol. The Morgan fingerprint density at radius 3 is 2.44 bits per heavy atom. The maximum atomic E-state index is 10.8. The van der Waals surface area contributed by atoms with Gasteiger partial charge in [0.15, 0.2) is 0 Å². The first-order chi connectivity index (χ1) is 8.61. The van der Waals surface area contributed by atoms with E-state index in [-0.39, 0.29) is 0 Å². The minimum absolute atomic E-state index is 0.319. The minimum Gasteiger partial charge on any atom is -0.478 e. The van der Waals surface area contributed by atoms with Crippen LogP contribution in [0.25, 0.3) is 10.4 Å². The first kappa shape index (κ1) is 12.8. The fourth-order valence-electron chi connectivity index (χ4n) is 1.66. The second-order valence-corrected chi connectivity index (χ2v) is 5.21. The predicted octanol–water partition coefficient (Wildman–Crippen LogP) is 3.39. The van der Waals surface area contributed by atoms with E-state index in [9.17, 15) is 4.79 Å². The van der Waals surface area contributed by atoms with Gasteiger partial charge in [0, 0.05) is 15.8 Å². The number of rotatable bonds is 4. The third kappa shape index (κ3) is 2.60. The number of hydrogen-bond acceptors (Lipinski definition) is 3. The molecular formula is C14H15NO2S. The second-order valence-electron chi connectivity index (χ2n) is 4.09. The van der Waals surface area contributed by atoms with Gasteiger partial charge in [0.1, 0.15) is 0 Å². The summed E-state index contributed by atoms with van der Waals surface area (Å²) in [6.45, 7) is 2.11. The molecule has 3 nitrogen and oxygen atoms in total. The molecule has 0 aliphatic carbocycles. The van der Waals surface area contributed by atoms with Gasteiger partial charge in [0.25, 0.3) is 0 Å². The van der Waals surface area contributed by atoms with Gasteiger partial charge in [0.2, 0.25) is 0 Å². The van der Waals surface area contributed by atoms with E-state index in [0.29, 0.717) is 11.6 Å². The first-order valence-electron chi connectivity index (χ1n) is 5.72. The van der Waals surface area contributed by atoms with Crippen molar-refractivity contribution in [3.8, 4) is 10.4 Å². The zero-order valence-electron chi connectivity index (χ0n) is 10.3. The highest BCUT2D eigenvalue weighted by Crippen LogP contribution is 2.31. The average Bonchev–Trinajstić information content (AvgIpc) is 2.87. The molecule has 1 unspecified atom stereocenters. The summed E-state index contributed by atoms with van der Waals surface area (Å²) < 4.78 is 0. The summed E-state index contributed by atoms with van der Waals surface area (Å²) in [5, 5.41) is 12.1. The van der Waals surface area contributed by atoms with Gasteiger partial charge in [-0.05, 0) is 43.8 Å². The standard InChI is InChI=1S/C14H15NO2S/c1-9(15-2)12-7-8-13(18-12)10-3-5-11(6-4-10)14(16)17/h3-9,15H,1-2H3,(H,16,17). The Hall–Kier alpha value is -1.65. The smallest absolute Gasteiger partial charge is 0.335 e. The van der Waals surface area contributed by atoms with Crippen LogP contribution in [0.1, 0.15) is 28.2 Å². The van der Waals surface area contributed by atoms with Gasteiger partial charge in [-0.1, -0.05) is 12.1 Å². The molecule has 94 valence electrons. The van der Waals surface area contributed by atoms with Crippen molar-refractivity contribution in [1.29, 1.82) is 0 Å². The van der Waals surface area contributed by atoms with Crippen LogP contribution in [-0.2, 0) is 0 Å². The van der Waals surface area contributed by atoms with Crippen molar-refractivity contribution in [2.24, 2.45) is 0 Å². The number of thiophene rings is 1. The van der Waals surface area contributed by atoms with Gasteiger partial charge < -0.3 is 10.4 Å². The van der Waals surface area contributed by atoms with E-state index in [1.54, 1.807) is 23.5 Å². The quantitative estimate of drug-likeness (QED) is 0.887. The lowest BCUT2D eigenvalue weighted by molar-refractivity contribution is 0.0697. The number of carboxylic acid groups (broad SMARTS) is 1. The fourth-order valence-corrected chi connectivity index (χ4v) is 2.73. The highest BCUT2D eigenvalue weighted by molar-refractivity contribution is 7.15. The number of carboxylic acids is 1. The third-order valence-electron chi connectivity index (χ3n) is 2.90. The van der Waals surface area contributed by atoms with Gasteiger partial charge in [-0.15, -0.1) is 11.3 Å². The van der Waals surface area contributed by atoms with Crippen LogP contribution in [0.15, 0.2) is 36.4 Å². The molecule has 0 bridgehead atoms. The molecule has 1 aromatic heterocycles. The normalized spacial score (nSPS) is 12.3. The Labute approximate surface area is 110 Å².